The maximum absolute atomic E-state index is 13.2. The second-order valence-electron chi connectivity index (χ2n) is 3.59. The van der Waals surface area contributed by atoms with Gasteiger partial charge >= 0.3 is 0 Å². The third-order valence-electron chi connectivity index (χ3n) is 2.31. The molecule has 0 aliphatic rings. The summed E-state index contributed by atoms with van der Waals surface area (Å²) in [7, 11) is 0. The summed E-state index contributed by atoms with van der Waals surface area (Å²) in [6.07, 6.45) is 1.81. The number of rotatable bonds is 4. The third kappa shape index (κ3) is 3.33. The van der Waals surface area contributed by atoms with Crippen LogP contribution in [-0.4, -0.2) is 6.04 Å². The number of benzene rings is 1. The maximum atomic E-state index is 13.2. The van der Waals surface area contributed by atoms with Gasteiger partial charge in [-0.1, -0.05) is 23.7 Å². The van der Waals surface area contributed by atoms with Crippen LogP contribution >= 0.6 is 11.6 Å². The van der Waals surface area contributed by atoms with Gasteiger partial charge < -0.3 is 5.32 Å². The summed E-state index contributed by atoms with van der Waals surface area (Å²) in [4.78, 5) is 0. The average molecular weight is 228 g/mol. The van der Waals surface area contributed by atoms with Crippen LogP contribution < -0.4 is 5.32 Å². The molecule has 2 unspecified atom stereocenters. The third-order valence-corrected chi connectivity index (χ3v) is 2.62. The summed E-state index contributed by atoms with van der Waals surface area (Å²) < 4.78 is 13.2. The molecular weight excluding hydrogens is 213 g/mol. The first kappa shape index (κ1) is 12.2. The van der Waals surface area contributed by atoms with Crippen molar-refractivity contribution in [3.63, 3.8) is 0 Å². The van der Waals surface area contributed by atoms with E-state index in [1.165, 1.54) is 6.07 Å². The molecule has 82 valence electrons. The van der Waals surface area contributed by atoms with E-state index < -0.39 is 0 Å². The molecule has 0 bridgehead atoms. The molecular formula is C12H15ClFN. The van der Waals surface area contributed by atoms with Crippen molar-refractivity contribution < 1.29 is 4.39 Å². The Morgan fingerprint density at radius 1 is 1.47 bits per heavy atom. The molecule has 0 saturated carbocycles. The highest BCUT2D eigenvalue weighted by Gasteiger charge is 2.09. The number of hydrogen-bond donors (Lipinski definition) is 1. The van der Waals surface area contributed by atoms with Gasteiger partial charge in [-0.3, -0.25) is 0 Å². The van der Waals surface area contributed by atoms with E-state index in [0.717, 1.165) is 5.56 Å². The van der Waals surface area contributed by atoms with E-state index in [9.17, 15) is 4.39 Å². The van der Waals surface area contributed by atoms with E-state index in [1.54, 1.807) is 6.07 Å². The number of nitrogens with one attached hydrogen (secondary N) is 1. The fraction of sp³-hybridized carbons (Fsp3) is 0.333. The quantitative estimate of drug-likeness (QED) is 0.774. The van der Waals surface area contributed by atoms with Crippen molar-refractivity contribution in [1.82, 2.24) is 5.32 Å². The Bertz CT molecular complexity index is 351. The SMILES string of the molecule is C=CC(C)NC(C)c1ccc(Cl)c(F)c1. The van der Waals surface area contributed by atoms with E-state index in [0.29, 0.717) is 0 Å². The number of hydrogen-bond acceptors (Lipinski definition) is 1. The van der Waals surface area contributed by atoms with Crippen molar-refractivity contribution in [1.29, 1.82) is 0 Å². The summed E-state index contributed by atoms with van der Waals surface area (Å²) in [5.74, 6) is -0.380. The first-order valence-corrected chi connectivity index (χ1v) is 5.26. The lowest BCUT2D eigenvalue weighted by molar-refractivity contribution is 0.532. The molecule has 1 aromatic rings. The van der Waals surface area contributed by atoms with Gasteiger partial charge in [0, 0.05) is 12.1 Å². The Hall–Kier alpha value is -0.860. The minimum absolute atomic E-state index is 0.0739. The predicted octanol–water partition coefficient (Wildman–Crippen LogP) is 3.70. The Morgan fingerprint density at radius 2 is 2.13 bits per heavy atom. The fourth-order valence-electron chi connectivity index (χ4n) is 1.34. The molecule has 1 rings (SSSR count). The second-order valence-corrected chi connectivity index (χ2v) is 3.99. The van der Waals surface area contributed by atoms with Crippen molar-refractivity contribution in [2.24, 2.45) is 0 Å². The summed E-state index contributed by atoms with van der Waals surface area (Å²) in [6.45, 7) is 7.65. The molecule has 0 spiro atoms. The highest BCUT2D eigenvalue weighted by atomic mass is 35.5. The first-order chi connectivity index (χ1) is 7.04. The minimum Gasteiger partial charge on any atom is -0.304 e. The lowest BCUT2D eigenvalue weighted by Crippen LogP contribution is -2.26. The Labute approximate surface area is 95.0 Å². The van der Waals surface area contributed by atoms with E-state index >= 15 is 0 Å². The normalized spacial score (nSPS) is 14.7. The van der Waals surface area contributed by atoms with Crippen molar-refractivity contribution in [3.05, 3.63) is 47.3 Å². The molecule has 0 saturated heterocycles. The van der Waals surface area contributed by atoms with Crippen LogP contribution in [0.4, 0.5) is 4.39 Å². The molecule has 0 amide bonds. The average Bonchev–Trinajstić information content (AvgIpc) is 2.21. The molecule has 15 heavy (non-hydrogen) atoms. The molecule has 1 nitrogen and oxygen atoms in total. The van der Waals surface area contributed by atoms with Crippen molar-refractivity contribution >= 4 is 11.6 Å². The van der Waals surface area contributed by atoms with Gasteiger partial charge in [0.2, 0.25) is 0 Å². The van der Waals surface area contributed by atoms with E-state index in [-0.39, 0.29) is 22.9 Å². The second kappa shape index (κ2) is 5.29. The van der Waals surface area contributed by atoms with Crippen LogP contribution in [0.5, 0.6) is 0 Å². The zero-order valence-corrected chi connectivity index (χ0v) is 9.68. The Balaban J connectivity index is 2.77. The molecule has 0 fully saturated rings. The maximum Gasteiger partial charge on any atom is 0.142 e. The highest BCUT2D eigenvalue weighted by Crippen LogP contribution is 2.20. The molecule has 0 aliphatic heterocycles. The predicted molar refractivity (Wildman–Crippen MR) is 62.6 cm³/mol. The van der Waals surface area contributed by atoms with Crippen LogP contribution in [0, 0.1) is 5.82 Å². The van der Waals surface area contributed by atoms with E-state index in [1.807, 2.05) is 26.0 Å². The summed E-state index contributed by atoms with van der Waals surface area (Å²) in [5, 5.41) is 3.42. The summed E-state index contributed by atoms with van der Waals surface area (Å²) in [5.41, 5.74) is 0.880. The van der Waals surface area contributed by atoms with Gasteiger partial charge in [-0.25, -0.2) is 4.39 Å². The van der Waals surface area contributed by atoms with Gasteiger partial charge in [0.05, 0.1) is 5.02 Å². The van der Waals surface area contributed by atoms with Crippen LogP contribution in [0.25, 0.3) is 0 Å². The largest absolute Gasteiger partial charge is 0.304 e. The monoisotopic (exact) mass is 227 g/mol. The van der Waals surface area contributed by atoms with Crippen LogP contribution in [0.3, 0.4) is 0 Å². The van der Waals surface area contributed by atoms with Crippen LogP contribution in [0.2, 0.25) is 5.02 Å². The zero-order valence-electron chi connectivity index (χ0n) is 8.93. The molecule has 3 heteroatoms. The number of halogens is 2. The van der Waals surface area contributed by atoms with Crippen LogP contribution in [-0.2, 0) is 0 Å². The molecule has 0 aromatic heterocycles. The van der Waals surface area contributed by atoms with E-state index in [2.05, 4.69) is 11.9 Å². The van der Waals surface area contributed by atoms with Gasteiger partial charge in [0.1, 0.15) is 5.82 Å². The standard InChI is InChI=1S/C12H15ClFN/c1-4-8(2)15-9(3)10-5-6-11(13)12(14)7-10/h4-9,15H,1H2,2-3H3. The fourth-order valence-corrected chi connectivity index (χ4v) is 1.46. The van der Waals surface area contributed by atoms with Gasteiger partial charge in [-0.15, -0.1) is 6.58 Å². The van der Waals surface area contributed by atoms with Gasteiger partial charge in [-0.2, -0.15) is 0 Å². The smallest absolute Gasteiger partial charge is 0.142 e. The molecule has 0 aliphatic carbocycles. The van der Waals surface area contributed by atoms with E-state index in [4.69, 9.17) is 11.6 Å². The highest BCUT2D eigenvalue weighted by molar-refractivity contribution is 6.30. The lowest BCUT2D eigenvalue weighted by Gasteiger charge is -2.17. The zero-order chi connectivity index (χ0) is 11.4. The molecule has 0 radical (unpaired) electrons. The van der Waals surface area contributed by atoms with Crippen LogP contribution in [0.15, 0.2) is 30.9 Å². The Morgan fingerprint density at radius 3 is 2.67 bits per heavy atom. The molecule has 1 N–H and O–H groups in total. The van der Waals surface area contributed by atoms with Gasteiger partial charge in [-0.05, 0) is 31.5 Å². The van der Waals surface area contributed by atoms with Gasteiger partial charge in [0.15, 0.2) is 0 Å². The van der Waals surface area contributed by atoms with Gasteiger partial charge in [0.25, 0.3) is 0 Å². The van der Waals surface area contributed by atoms with Crippen molar-refractivity contribution in [2.75, 3.05) is 0 Å². The molecule has 1 aromatic carbocycles. The molecule has 0 heterocycles. The Kier molecular flexibility index (Phi) is 4.30. The lowest BCUT2D eigenvalue weighted by atomic mass is 10.1. The topological polar surface area (TPSA) is 12.0 Å². The van der Waals surface area contributed by atoms with Crippen molar-refractivity contribution in [2.45, 2.75) is 25.9 Å². The minimum atomic E-state index is -0.380. The summed E-state index contributed by atoms with van der Waals surface area (Å²) >= 11 is 5.61. The van der Waals surface area contributed by atoms with Crippen LogP contribution in [0.1, 0.15) is 25.5 Å². The van der Waals surface area contributed by atoms with Crippen molar-refractivity contribution in [3.8, 4) is 0 Å². The first-order valence-electron chi connectivity index (χ1n) is 4.88. The summed E-state index contributed by atoms with van der Waals surface area (Å²) in [6, 6.07) is 5.11. The molecule has 2 atom stereocenters.